The lowest BCUT2D eigenvalue weighted by atomic mass is 9.82. The number of hydrogen-bond donors (Lipinski definition) is 1. The molecule has 2 aromatic rings. The second-order valence-electron chi connectivity index (χ2n) is 11.0. The number of aromatic amines is 1. The van der Waals surface area contributed by atoms with Crippen LogP contribution in [0, 0.1) is 0 Å². The molecule has 0 aliphatic carbocycles. The van der Waals surface area contributed by atoms with Crippen LogP contribution in [0.2, 0.25) is 0 Å². The summed E-state index contributed by atoms with van der Waals surface area (Å²) in [6, 6.07) is 3.55. The Bertz CT molecular complexity index is 1300. The molecule has 1 saturated heterocycles. The van der Waals surface area contributed by atoms with Gasteiger partial charge >= 0.3 is 0 Å². The van der Waals surface area contributed by atoms with E-state index in [1.807, 2.05) is 24.4 Å². The number of carbonyl (C=O) groups excluding carboxylic acids is 2. The van der Waals surface area contributed by atoms with Crippen LogP contribution in [0.25, 0.3) is 10.9 Å². The predicted octanol–water partition coefficient (Wildman–Crippen LogP) is 4.09. The fourth-order valence-corrected chi connectivity index (χ4v) is 6.05. The molecule has 1 aromatic carbocycles. The Kier molecular flexibility index (Phi) is 4.41. The summed E-state index contributed by atoms with van der Waals surface area (Å²) >= 11 is 0. The molecule has 1 N–H and O–H groups in total. The summed E-state index contributed by atoms with van der Waals surface area (Å²) in [6.45, 7) is 9.01. The molecule has 34 heavy (non-hydrogen) atoms. The van der Waals surface area contributed by atoms with Gasteiger partial charge in [-0.1, -0.05) is 26.0 Å². The van der Waals surface area contributed by atoms with E-state index in [-0.39, 0.29) is 28.9 Å². The van der Waals surface area contributed by atoms with Gasteiger partial charge in [-0.15, -0.1) is 0 Å². The molecule has 6 rings (SSSR count). The lowest BCUT2D eigenvalue weighted by Crippen LogP contribution is -2.56. The molecule has 5 heterocycles. The maximum absolute atomic E-state index is 13.5. The summed E-state index contributed by atoms with van der Waals surface area (Å²) in [5.74, 6) is 0.728. The molecule has 0 radical (unpaired) electrons. The van der Waals surface area contributed by atoms with E-state index in [9.17, 15) is 9.59 Å². The topological polar surface area (TPSA) is 74.9 Å². The summed E-state index contributed by atoms with van der Waals surface area (Å²) in [5, 5.41) is 1.06. The number of allylic oxidation sites excluding steroid dienone is 1. The summed E-state index contributed by atoms with van der Waals surface area (Å²) in [4.78, 5) is 33.8. The standard InChI is InChI=1S/C27H31N3O4/c1-26(2)10-12-30-18(25(32)29-11-6-7-17(29)24(30)31)13-16-15-8-9-19-21(22(15)28-23(16)26)20(33-5)14-27(3,4)34-19/h7-10,12,18,20,28H,6,11,13-14H2,1-5H3/b12-10-/t18-,20?/m0/s1. The minimum Gasteiger partial charge on any atom is -0.487 e. The average Bonchev–Trinajstić information content (AvgIpc) is 3.40. The molecule has 7 heteroatoms. The van der Waals surface area contributed by atoms with Gasteiger partial charge in [0.2, 0.25) is 0 Å². The summed E-state index contributed by atoms with van der Waals surface area (Å²) < 4.78 is 12.2. The van der Waals surface area contributed by atoms with E-state index in [0.717, 1.165) is 46.3 Å². The Morgan fingerprint density at radius 2 is 1.97 bits per heavy atom. The van der Waals surface area contributed by atoms with Gasteiger partial charge in [0.1, 0.15) is 23.1 Å². The maximum Gasteiger partial charge on any atom is 0.274 e. The fraction of sp³-hybridized carbons (Fsp3) is 0.481. The molecule has 1 unspecified atom stereocenters. The number of H-pyrrole nitrogens is 1. The number of methoxy groups -OCH3 is 1. The SMILES string of the molecule is COC1CC(C)(C)Oc2ccc3c4c([nH]c3c21)C(C)(C)/C=C\N1C(=O)C2=CCCN2C(=O)[C@@H]1C4. The molecule has 0 bridgehead atoms. The van der Waals surface area contributed by atoms with Gasteiger partial charge in [0.05, 0.1) is 11.6 Å². The Morgan fingerprint density at radius 3 is 2.74 bits per heavy atom. The van der Waals surface area contributed by atoms with Crippen LogP contribution in [0.1, 0.15) is 63.5 Å². The number of fused-ring (bicyclic) bond motifs is 7. The molecule has 4 aliphatic rings. The first kappa shape index (κ1) is 21.5. The first-order valence-corrected chi connectivity index (χ1v) is 12.0. The molecule has 1 fully saturated rings. The van der Waals surface area contributed by atoms with Crippen molar-refractivity contribution >= 4 is 22.7 Å². The number of rotatable bonds is 1. The number of hydrogen-bond acceptors (Lipinski definition) is 4. The van der Waals surface area contributed by atoms with E-state index in [0.29, 0.717) is 18.7 Å². The molecule has 1 aromatic heterocycles. The van der Waals surface area contributed by atoms with Crippen LogP contribution >= 0.6 is 0 Å². The summed E-state index contributed by atoms with van der Waals surface area (Å²) in [5.41, 5.74) is 3.99. The Labute approximate surface area is 199 Å². The van der Waals surface area contributed by atoms with Crippen LogP contribution in [0.5, 0.6) is 5.75 Å². The van der Waals surface area contributed by atoms with E-state index in [2.05, 4.69) is 38.7 Å². The number of aromatic nitrogens is 1. The number of benzene rings is 1. The largest absolute Gasteiger partial charge is 0.487 e. The smallest absolute Gasteiger partial charge is 0.274 e. The zero-order valence-electron chi connectivity index (χ0n) is 20.4. The van der Waals surface area contributed by atoms with Crippen molar-refractivity contribution in [2.75, 3.05) is 13.7 Å². The van der Waals surface area contributed by atoms with Crippen molar-refractivity contribution in [3.05, 3.63) is 53.0 Å². The zero-order valence-corrected chi connectivity index (χ0v) is 20.4. The Hall–Kier alpha value is -3.06. The molecule has 2 atom stereocenters. The highest BCUT2D eigenvalue weighted by Gasteiger charge is 2.46. The maximum atomic E-state index is 13.5. The Morgan fingerprint density at radius 1 is 1.18 bits per heavy atom. The third kappa shape index (κ3) is 2.92. The molecule has 2 amide bonds. The number of piperazine rings is 1. The highest BCUT2D eigenvalue weighted by atomic mass is 16.5. The van der Waals surface area contributed by atoms with Gasteiger partial charge in [-0.05, 0) is 38.0 Å². The van der Waals surface area contributed by atoms with E-state index >= 15 is 0 Å². The Balaban J connectivity index is 1.54. The van der Waals surface area contributed by atoms with E-state index in [1.54, 1.807) is 16.9 Å². The summed E-state index contributed by atoms with van der Waals surface area (Å²) in [6.07, 6.45) is 7.55. The molecule has 7 nitrogen and oxygen atoms in total. The minimum atomic E-state index is -0.558. The molecular weight excluding hydrogens is 430 g/mol. The average molecular weight is 462 g/mol. The van der Waals surface area contributed by atoms with Crippen molar-refractivity contribution in [3.8, 4) is 5.75 Å². The first-order valence-electron chi connectivity index (χ1n) is 12.0. The summed E-state index contributed by atoms with van der Waals surface area (Å²) in [7, 11) is 1.74. The number of carbonyl (C=O) groups is 2. The van der Waals surface area contributed by atoms with Crippen molar-refractivity contribution < 1.29 is 19.1 Å². The van der Waals surface area contributed by atoms with E-state index < -0.39 is 6.04 Å². The minimum absolute atomic E-state index is 0.00850. The van der Waals surface area contributed by atoms with Crippen LogP contribution in [-0.2, 0) is 26.2 Å². The molecule has 0 saturated carbocycles. The van der Waals surface area contributed by atoms with Crippen LogP contribution < -0.4 is 4.74 Å². The normalized spacial score (nSPS) is 27.7. The van der Waals surface area contributed by atoms with Crippen LogP contribution in [0.4, 0.5) is 0 Å². The van der Waals surface area contributed by atoms with Gasteiger partial charge in [0.25, 0.3) is 11.8 Å². The van der Waals surface area contributed by atoms with Crippen molar-refractivity contribution in [1.82, 2.24) is 14.8 Å². The van der Waals surface area contributed by atoms with Gasteiger partial charge in [-0.25, -0.2) is 0 Å². The van der Waals surface area contributed by atoms with Crippen molar-refractivity contribution in [3.63, 3.8) is 0 Å². The second-order valence-corrected chi connectivity index (χ2v) is 11.0. The third-order valence-electron chi connectivity index (χ3n) is 7.77. The highest BCUT2D eigenvalue weighted by Crippen LogP contribution is 2.47. The van der Waals surface area contributed by atoms with Crippen molar-refractivity contribution in [1.29, 1.82) is 0 Å². The highest BCUT2D eigenvalue weighted by molar-refractivity contribution is 6.06. The number of nitrogens with zero attached hydrogens (tertiary/aromatic N) is 2. The number of amides is 2. The van der Waals surface area contributed by atoms with Crippen molar-refractivity contribution in [2.45, 2.75) is 70.1 Å². The predicted molar refractivity (Wildman–Crippen MR) is 128 cm³/mol. The number of ether oxygens (including phenoxy) is 2. The number of nitrogens with one attached hydrogen (secondary N) is 1. The second kappa shape index (κ2) is 6.98. The molecule has 178 valence electrons. The molecular formula is C27H31N3O4. The van der Waals surface area contributed by atoms with Gasteiger partial charge < -0.3 is 24.3 Å². The van der Waals surface area contributed by atoms with Crippen LogP contribution in [0.15, 0.2) is 36.2 Å². The molecule has 4 aliphatic heterocycles. The monoisotopic (exact) mass is 461 g/mol. The first-order chi connectivity index (χ1) is 16.1. The third-order valence-corrected chi connectivity index (χ3v) is 7.77. The van der Waals surface area contributed by atoms with Gasteiger partial charge in [0, 0.05) is 54.8 Å². The van der Waals surface area contributed by atoms with Crippen LogP contribution in [0.3, 0.4) is 0 Å². The van der Waals surface area contributed by atoms with Gasteiger partial charge in [-0.3, -0.25) is 9.59 Å². The molecule has 0 spiro atoms. The quantitative estimate of drug-likeness (QED) is 0.694. The van der Waals surface area contributed by atoms with Gasteiger partial charge in [-0.2, -0.15) is 0 Å². The van der Waals surface area contributed by atoms with E-state index in [1.165, 1.54) is 0 Å². The van der Waals surface area contributed by atoms with Crippen LogP contribution in [-0.4, -0.2) is 51.9 Å². The lowest BCUT2D eigenvalue weighted by Gasteiger charge is -2.40. The van der Waals surface area contributed by atoms with Gasteiger partial charge in [0.15, 0.2) is 0 Å². The zero-order chi connectivity index (χ0) is 24.0. The van der Waals surface area contributed by atoms with Crippen molar-refractivity contribution in [2.24, 2.45) is 0 Å². The van der Waals surface area contributed by atoms with E-state index in [4.69, 9.17) is 9.47 Å². The lowest BCUT2D eigenvalue weighted by molar-refractivity contribution is -0.147. The fourth-order valence-electron chi connectivity index (χ4n) is 6.05.